The van der Waals surface area contributed by atoms with Gasteiger partial charge in [0.2, 0.25) is 5.91 Å². The number of carbonyl (C=O) groups is 2. The second kappa shape index (κ2) is 7.22. The highest BCUT2D eigenvalue weighted by atomic mass is 16.3. The molecule has 0 unspecified atom stereocenters. The van der Waals surface area contributed by atoms with Crippen LogP contribution in [0.5, 0.6) is 0 Å². The largest absolute Gasteiger partial charge is 0.391 e. The summed E-state index contributed by atoms with van der Waals surface area (Å²) in [5, 5.41) is 15.7. The first-order chi connectivity index (χ1) is 11.6. The van der Waals surface area contributed by atoms with E-state index < -0.39 is 12.1 Å². The van der Waals surface area contributed by atoms with Crippen LogP contribution in [0.25, 0.3) is 0 Å². The lowest BCUT2D eigenvalue weighted by atomic mass is 10.1. The number of aliphatic hydroxyl groups is 1. The Bertz CT molecular complexity index is 689. The third kappa shape index (κ3) is 3.77. The summed E-state index contributed by atoms with van der Waals surface area (Å²) >= 11 is 0. The molecule has 2 aromatic rings. The van der Waals surface area contributed by atoms with Crippen molar-refractivity contribution in [2.75, 3.05) is 0 Å². The van der Waals surface area contributed by atoms with E-state index in [4.69, 9.17) is 0 Å². The molecule has 2 heterocycles. The molecule has 8 nitrogen and oxygen atoms in total. The number of nitrogens with zero attached hydrogens (tertiary/aromatic N) is 2. The number of carbonyl (C=O) groups excluding carboxylic acids is 2. The minimum atomic E-state index is -0.744. The molecule has 1 fully saturated rings. The predicted octanol–water partition coefficient (Wildman–Crippen LogP) is -0.00960. The van der Waals surface area contributed by atoms with Gasteiger partial charge in [-0.25, -0.2) is 4.98 Å². The molecule has 126 valence electrons. The molecule has 2 amide bonds. The van der Waals surface area contributed by atoms with Crippen molar-refractivity contribution in [1.82, 2.24) is 25.6 Å². The molecule has 0 spiro atoms. The van der Waals surface area contributed by atoms with E-state index >= 15 is 0 Å². The number of amides is 2. The molecule has 1 aliphatic carbocycles. The molecular weight excluding hydrogens is 310 g/mol. The van der Waals surface area contributed by atoms with Crippen molar-refractivity contribution in [2.24, 2.45) is 5.92 Å². The van der Waals surface area contributed by atoms with Crippen LogP contribution in [0.1, 0.15) is 28.9 Å². The van der Waals surface area contributed by atoms with Crippen molar-refractivity contribution in [2.45, 2.75) is 31.5 Å². The van der Waals surface area contributed by atoms with Crippen LogP contribution in [0.4, 0.5) is 0 Å². The average Bonchev–Trinajstić information content (AvgIpc) is 3.24. The van der Waals surface area contributed by atoms with Gasteiger partial charge in [0, 0.05) is 24.9 Å². The van der Waals surface area contributed by atoms with Crippen molar-refractivity contribution >= 4 is 11.8 Å². The lowest BCUT2D eigenvalue weighted by molar-refractivity contribution is -0.125. The molecule has 0 bridgehead atoms. The Labute approximate surface area is 138 Å². The molecule has 0 radical (unpaired) electrons. The summed E-state index contributed by atoms with van der Waals surface area (Å²) in [7, 11) is 0. The Morgan fingerprint density at radius 2 is 2.17 bits per heavy atom. The summed E-state index contributed by atoms with van der Waals surface area (Å²) in [5.41, 5.74) is 1.24. The molecule has 1 aliphatic rings. The van der Waals surface area contributed by atoms with Gasteiger partial charge in [0.1, 0.15) is 5.69 Å². The van der Waals surface area contributed by atoms with Crippen molar-refractivity contribution in [1.29, 1.82) is 0 Å². The predicted molar refractivity (Wildman–Crippen MR) is 84.7 cm³/mol. The molecule has 24 heavy (non-hydrogen) atoms. The summed E-state index contributed by atoms with van der Waals surface area (Å²) in [4.78, 5) is 34.7. The van der Waals surface area contributed by atoms with E-state index in [0.29, 0.717) is 25.1 Å². The van der Waals surface area contributed by atoms with Crippen LogP contribution in [0.2, 0.25) is 0 Å². The summed E-state index contributed by atoms with van der Waals surface area (Å²) < 4.78 is 0. The van der Waals surface area contributed by atoms with Gasteiger partial charge in [-0.3, -0.25) is 14.6 Å². The maximum Gasteiger partial charge on any atom is 0.269 e. The van der Waals surface area contributed by atoms with Gasteiger partial charge in [-0.15, -0.1) is 0 Å². The van der Waals surface area contributed by atoms with Gasteiger partial charge in [0.15, 0.2) is 0 Å². The van der Waals surface area contributed by atoms with Crippen LogP contribution in [0, 0.1) is 5.92 Å². The van der Waals surface area contributed by atoms with E-state index in [1.165, 1.54) is 12.5 Å². The van der Waals surface area contributed by atoms with Crippen molar-refractivity contribution in [3.05, 3.63) is 48.3 Å². The SMILES string of the molecule is O=C(N[C@@H]1C[C@H](C(=O)NCc2cccnc2)C[C@H]1O)c1cnc[nH]1. The minimum absolute atomic E-state index is 0.129. The zero-order valence-corrected chi connectivity index (χ0v) is 13.0. The molecule has 0 aromatic carbocycles. The molecule has 2 aromatic heterocycles. The van der Waals surface area contributed by atoms with E-state index in [2.05, 4.69) is 25.6 Å². The van der Waals surface area contributed by atoms with E-state index in [9.17, 15) is 14.7 Å². The molecule has 0 aliphatic heterocycles. The summed E-state index contributed by atoms with van der Waals surface area (Å²) in [6, 6.07) is 3.24. The van der Waals surface area contributed by atoms with Crippen LogP contribution in [0.3, 0.4) is 0 Å². The smallest absolute Gasteiger partial charge is 0.269 e. The van der Waals surface area contributed by atoms with Gasteiger partial charge >= 0.3 is 0 Å². The van der Waals surface area contributed by atoms with Crippen LogP contribution in [-0.4, -0.2) is 44.0 Å². The number of nitrogens with one attached hydrogen (secondary N) is 3. The number of aromatic nitrogens is 3. The van der Waals surface area contributed by atoms with Crippen LogP contribution in [-0.2, 0) is 11.3 Å². The number of aliphatic hydroxyl groups excluding tert-OH is 1. The molecular formula is C16H19N5O3. The van der Waals surface area contributed by atoms with E-state index in [0.717, 1.165) is 5.56 Å². The van der Waals surface area contributed by atoms with Gasteiger partial charge in [-0.2, -0.15) is 0 Å². The van der Waals surface area contributed by atoms with Crippen LogP contribution < -0.4 is 10.6 Å². The van der Waals surface area contributed by atoms with Crippen LogP contribution in [0.15, 0.2) is 37.1 Å². The fourth-order valence-corrected chi connectivity index (χ4v) is 2.85. The van der Waals surface area contributed by atoms with Crippen molar-refractivity contribution in [3.8, 4) is 0 Å². The Hall–Kier alpha value is -2.74. The highest BCUT2D eigenvalue weighted by Crippen LogP contribution is 2.26. The molecule has 4 N–H and O–H groups in total. The van der Waals surface area contributed by atoms with Gasteiger partial charge in [-0.1, -0.05) is 6.07 Å². The number of H-pyrrole nitrogens is 1. The normalized spacial score (nSPS) is 23.0. The molecule has 8 heteroatoms. The number of hydrogen-bond acceptors (Lipinski definition) is 5. The van der Waals surface area contributed by atoms with E-state index in [-0.39, 0.29) is 17.7 Å². The average molecular weight is 329 g/mol. The second-order valence-corrected chi connectivity index (χ2v) is 5.86. The fraction of sp³-hybridized carbons (Fsp3) is 0.375. The first-order valence-electron chi connectivity index (χ1n) is 7.77. The number of aromatic amines is 1. The topological polar surface area (TPSA) is 120 Å². The number of hydrogen-bond donors (Lipinski definition) is 4. The quantitative estimate of drug-likeness (QED) is 0.615. The molecule has 3 rings (SSSR count). The lowest BCUT2D eigenvalue weighted by Gasteiger charge is -2.15. The number of pyridine rings is 1. The molecule has 1 saturated carbocycles. The number of imidazole rings is 1. The van der Waals surface area contributed by atoms with Gasteiger partial charge in [0.05, 0.1) is 24.7 Å². The number of rotatable bonds is 5. The maximum absolute atomic E-state index is 12.3. The minimum Gasteiger partial charge on any atom is -0.391 e. The summed E-state index contributed by atoms with van der Waals surface area (Å²) in [6.45, 7) is 0.393. The Kier molecular flexibility index (Phi) is 4.85. The fourth-order valence-electron chi connectivity index (χ4n) is 2.85. The summed E-state index contributed by atoms with van der Waals surface area (Å²) in [6.07, 6.45) is 6.17. The Morgan fingerprint density at radius 1 is 1.29 bits per heavy atom. The van der Waals surface area contributed by atoms with Gasteiger partial charge < -0.3 is 20.7 Å². The standard InChI is InChI=1S/C16H19N5O3/c22-14-5-11(15(23)19-7-10-2-1-3-17-6-10)4-12(14)21-16(24)13-8-18-9-20-13/h1-3,6,8-9,11-12,14,22H,4-5,7H2,(H,18,20)(H,19,23)(H,21,24)/t11-,12+,14+/m0/s1. The monoisotopic (exact) mass is 329 g/mol. The Morgan fingerprint density at radius 3 is 2.88 bits per heavy atom. The maximum atomic E-state index is 12.3. The van der Waals surface area contributed by atoms with Gasteiger partial charge in [-0.05, 0) is 24.5 Å². The van der Waals surface area contributed by atoms with Crippen molar-refractivity contribution < 1.29 is 14.7 Å². The highest BCUT2D eigenvalue weighted by molar-refractivity contribution is 5.92. The Balaban J connectivity index is 1.51. The molecule has 3 atom stereocenters. The highest BCUT2D eigenvalue weighted by Gasteiger charge is 2.37. The van der Waals surface area contributed by atoms with E-state index in [1.807, 2.05) is 12.1 Å². The molecule has 0 saturated heterocycles. The third-order valence-corrected chi connectivity index (χ3v) is 4.15. The second-order valence-electron chi connectivity index (χ2n) is 5.86. The first kappa shape index (κ1) is 16.1. The van der Waals surface area contributed by atoms with E-state index in [1.54, 1.807) is 12.4 Å². The van der Waals surface area contributed by atoms with Crippen LogP contribution >= 0.6 is 0 Å². The first-order valence-corrected chi connectivity index (χ1v) is 7.77. The van der Waals surface area contributed by atoms with Gasteiger partial charge in [0.25, 0.3) is 5.91 Å². The zero-order chi connectivity index (χ0) is 16.9. The summed E-state index contributed by atoms with van der Waals surface area (Å²) in [5.74, 6) is -0.798. The zero-order valence-electron chi connectivity index (χ0n) is 13.0. The lowest BCUT2D eigenvalue weighted by Crippen LogP contribution is -2.40. The van der Waals surface area contributed by atoms with Crippen molar-refractivity contribution in [3.63, 3.8) is 0 Å². The third-order valence-electron chi connectivity index (χ3n) is 4.15.